The number of hydrogen-bond acceptors (Lipinski definition) is 3. The summed E-state index contributed by atoms with van der Waals surface area (Å²) in [6.45, 7) is 0. The lowest BCUT2D eigenvalue weighted by Crippen LogP contribution is -2.14. The Morgan fingerprint density at radius 3 is 2.17 bits per heavy atom. The van der Waals surface area contributed by atoms with Crippen LogP contribution in [0, 0.1) is 0 Å². The number of ether oxygens (including phenoxy) is 1. The molecule has 1 aromatic heterocycles. The number of para-hydroxylation sites is 1. The topological polar surface area (TPSA) is 39.1 Å². The van der Waals surface area contributed by atoms with E-state index >= 15 is 0 Å². The summed E-state index contributed by atoms with van der Waals surface area (Å²) in [5.41, 5.74) is 3.39. The van der Waals surface area contributed by atoms with Crippen molar-refractivity contribution in [3.05, 3.63) is 60.8 Å². The second kappa shape index (κ2) is 8.32. The zero-order valence-electron chi connectivity index (χ0n) is 16.9. The van der Waals surface area contributed by atoms with Gasteiger partial charge in [0.2, 0.25) is 0 Å². The highest BCUT2D eigenvalue weighted by Crippen LogP contribution is 2.36. The molecule has 2 saturated carbocycles. The van der Waals surface area contributed by atoms with Crippen LogP contribution in [0.4, 0.5) is 5.69 Å². The van der Waals surface area contributed by atoms with E-state index < -0.39 is 0 Å². The Balaban J connectivity index is 1.40. The number of nitrogens with one attached hydrogen (secondary N) is 1. The molecule has 4 nitrogen and oxygen atoms in total. The molecule has 0 atom stereocenters. The molecule has 0 unspecified atom stereocenters. The van der Waals surface area contributed by atoms with Gasteiger partial charge >= 0.3 is 0 Å². The van der Waals surface area contributed by atoms with Crippen LogP contribution in [-0.2, 0) is 0 Å². The molecule has 2 aromatic carbocycles. The molecule has 0 bridgehead atoms. The molecule has 0 radical (unpaired) electrons. The van der Waals surface area contributed by atoms with Gasteiger partial charge in [-0.05, 0) is 62.1 Å². The van der Waals surface area contributed by atoms with Crippen LogP contribution in [0.1, 0.15) is 57.4 Å². The normalized spacial score (nSPS) is 17.7. The Labute approximate surface area is 172 Å². The van der Waals surface area contributed by atoms with Crippen molar-refractivity contribution in [1.82, 2.24) is 9.78 Å². The minimum atomic E-state index is 0.550. The van der Waals surface area contributed by atoms with Gasteiger partial charge in [0, 0.05) is 17.8 Å². The van der Waals surface area contributed by atoms with Gasteiger partial charge in [-0.3, -0.25) is 4.68 Å². The zero-order chi connectivity index (χ0) is 19.5. The Morgan fingerprint density at radius 1 is 0.793 bits per heavy atom. The third-order valence-electron chi connectivity index (χ3n) is 6.25. The molecule has 3 aromatic rings. The average Bonchev–Trinajstić information content (AvgIpc) is 3.52. The van der Waals surface area contributed by atoms with Crippen LogP contribution in [0.15, 0.2) is 60.8 Å². The lowest BCUT2D eigenvalue weighted by Gasteiger charge is -2.13. The molecule has 2 aliphatic rings. The molecule has 1 heterocycles. The summed E-state index contributed by atoms with van der Waals surface area (Å²) in [6.07, 6.45) is 12.5. The van der Waals surface area contributed by atoms with E-state index in [1.807, 2.05) is 42.5 Å². The number of anilines is 1. The molecule has 0 aliphatic heterocycles. The number of aromatic nitrogens is 2. The highest BCUT2D eigenvalue weighted by molar-refractivity contribution is 5.74. The van der Waals surface area contributed by atoms with Crippen LogP contribution in [0.25, 0.3) is 11.3 Å². The van der Waals surface area contributed by atoms with E-state index in [9.17, 15) is 0 Å². The summed E-state index contributed by atoms with van der Waals surface area (Å²) in [7, 11) is 0. The average molecular weight is 388 g/mol. The Kier molecular flexibility index (Phi) is 5.25. The zero-order valence-corrected chi connectivity index (χ0v) is 16.9. The standard InChI is InChI=1S/C25H29N3O/c1-2-12-22(13-3-1)29-23-16-14-19(15-17-23)25-24(26-20-8-4-5-9-20)18-28(27-25)21-10-6-7-11-21/h1-3,12-18,20-21,26H,4-11H2. The lowest BCUT2D eigenvalue weighted by atomic mass is 10.1. The van der Waals surface area contributed by atoms with Gasteiger partial charge in [-0.1, -0.05) is 43.9 Å². The maximum absolute atomic E-state index is 5.95. The van der Waals surface area contributed by atoms with Gasteiger partial charge in [0.1, 0.15) is 17.2 Å². The first kappa shape index (κ1) is 18.3. The van der Waals surface area contributed by atoms with Crippen molar-refractivity contribution >= 4 is 5.69 Å². The van der Waals surface area contributed by atoms with Crippen molar-refractivity contribution in [3.8, 4) is 22.8 Å². The fourth-order valence-corrected chi connectivity index (χ4v) is 4.66. The monoisotopic (exact) mass is 387 g/mol. The Hall–Kier alpha value is -2.75. The summed E-state index contributed by atoms with van der Waals surface area (Å²) in [4.78, 5) is 0. The van der Waals surface area contributed by atoms with E-state index in [2.05, 4.69) is 28.3 Å². The van der Waals surface area contributed by atoms with E-state index in [0.717, 1.165) is 22.8 Å². The van der Waals surface area contributed by atoms with E-state index in [1.165, 1.54) is 57.1 Å². The van der Waals surface area contributed by atoms with Gasteiger partial charge in [-0.15, -0.1) is 0 Å². The summed E-state index contributed by atoms with van der Waals surface area (Å²) in [5.74, 6) is 1.70. The van der Waals surface area contributed by atoms with E-state index in [1.54, 1.807) is 0 Å². The first-order valence-electron chi connectivity index (χ1n) is 11.0. The molecule has 0 saturated heterocycles. The molecule has 5 rings (SSSR count). The van der Waals surface area contributed by atoms with Crippen LogP contribution < -0.4 is 10.1 Å². The molecule has 29 heavy (non-hydrogen) atoms. The third-order valence-corrected chi connectivity index (χ3v) is 6.25. The highest BCUT2D eigenvalue weighted by Gasteiger charge is 2.23. The van der Waals surface area contributed by atoms with E-state index in [-0.39, 0.29) is 0 Å². The van der Waals surface area contributed by atoms with Gasteiger partial charge in [0.25, 0.3) is 0 Å². The van der Waals surface area contributed by atoms with Crippen LogP contribution in [0.3, 0.4) is 0 Å². The molecular formula is C25H29N3O. The maximum Gasteiger partial charge on any atom is 0.127 e. The van der Waals surface area contributed by atoms with Crippen LogP contribution in [0.2, 0.25) is 0 Å². The molecular weight excluding hydrogens is 358 g/mol. The Bertz CT molecular complexity index is 920. The fraction of sp³-hybridized carbons (Fsp3) is 0.400. The van der Waals surface area contributed by atoms with Crippen LogP contribution >= 0.6 is 0 Å². The molecule has 150 valence electrons. The SMILES string of the molecule is c1ccc(Oc2ccc(-c3nn(C4CCCC4)cc3NC3CCCC3)cc2)cc1. The molecule has 4 heteroatoms. The largest absolute Gasteiger partial charge is 0.457 e. The Morgan fingerprint density at radius 2 is 1.45 bits per heavy atom. The van der Waals surface area contributed by atoms with Crippen molar-refractivity contribution < 1.29 is 4.74 Å². The smallest absolute Gasteiger partial charge is 0.127 e. The quantitative estimate of drug-likeness (QED) is 0.505. The first-order chi connectivity index (χ1) is 14.3. The van der Waals surface area contributed by atoms with Crippen molar-refractivity contribution in [3.63, 3.8) is 0 Å². The molecule has 1 N–H and O–H groups in total. The fourth-order valence-electron chi connectivity index (χ4n) is 4.66. The second-order valence-electron chi connectivity index (χ2n) is 8.37. The predicted molar refractivity (Wildman–Crippen MR) is 118 cm³/mol. The van der Waals surface area contributed by atoms with Gasteiger partial charge in [-0.2, -0.15) is 5.10 Å². The summed E-state index contributed by atoms with van der Waals surface area (Å²) in [5, 5.41) is 8.82. The van der Waals surface area contributed by atoms with Crippen molar-refractivity contribution in [2.75, 3.05) is 5.32 Å². The van der Waals surface area contributed by atoms with E-state index in [4.69, 9.17) is 9.84 Å². The molecule has 2 fully saturated rings. The lowest BCUT2D eigenvalue weighted by molar-refractivity contribution is 0.468. The molecule has 2 aliphatic carbocycles. The van der Waals surface area contributed by atoms with Gasteiger partial charge in [0.05, 0.1) is 11.7 Å². The third kappa shape index (κ3) is 4.16. The first-order valence-corrected chi connectivity index (χ1v) is 11.0. The van der Waals surface area contributed by atoms with Crippen LogP contribution in [-0.4, -0.2) is 15.8 Å². The molecule has 0 amide bonds. The number of nitrogens with zero attached hydrogens (tertiary/aromatic N) is 2. The number of benzene rings is 2. The highest BCUT2D eigenvalue weighted by atomic mass is 16.5. The van der Waals surface area contributed by atoms with Crippen LogP contribution in [0.5, 0.6) is 11.5 Å². The minimum Gasteiger partial charge on any atom is -0.457 e. The van der Waals surface area contributed by atoms with Gasteiger partial charge in [0.15, 0.2) is 0 Å². The van der Waals surface area contributed by atoms with E-state index in [0.29, 0.717) is 12.1 Å². The van der Waals surface area contributed by atoms with Crippen molar-refractivity contribution in [2.45, 2.75) is 63.5 Å². The maximum atomic E-state index is 5.95. The summed E-state index contributed by atoms with van der Waals surface area (Å²) in [6, 6.07) is 19.4. The second-order valence-corrected chi connectivity index (χ2v) is 8.37. The van der Waals surface area contributed by atoms with Crippen molar-refractivity contribution in [2.24, 2.45) is 0 Å². The minimum absolute atomic E-state index is 0.550. The number of hydrogen-bond donors (Lipinski definition) is 1. The molecule has 0 spiro atoms. The van der Waals surface area contributed by atoms with Gasteiger partial charge < -0.3 is 10.1 Å². The number of rotatable bonds is 6. The summed E-state index contributed by atoms with van der Waals surface area (Å²) >= 11 is 0. The van der Waals surface area contributed by atoms with Gasteiger partial charge in [-0.25, -0.2) is 0 Å². The van der Waals surface area contributed by atoms with Crippen molar-refractivity contribution in [1.29, 1.82) is 0 Å². The summed E-state index contributed by atoms with van der Waals surface area (Å²) < 4.78 is 8.17. The predicted octanol–water partition coefficient (Wildman–Crippen LogP) is 6.81.